The van der Waals surface area contributed by atoms with Gasteiger partial charge in [-0.25, -0.2) is 4.79 Å². The van der Waals surface area contributed by atoms with Crippen LogP contribution in [0.3, 0.4) is 0 Å². The third kappa shape index (κ3) is 4.05. The average Bonchev–Trinajstić information content (AvgIpc) is 2.68. The summed E-state index contributed by atoms with van der Waals surface area (Å²) < 4.78 is 11.4. The highest BCUT2D eigenvalue weighted by Crippen LogP contribution is 2.32. The van der Waals surface area contributed by atoms with E-state index in [2.05, 4.69) is 5.32 Å². The minimum absolute atomic E-state index is 0.133. The standard InChI is InChI=1S/C20H24N2O3/c1-14-6-5-7-16(10-14)21-19(23)22-12-15-8-9-17(24-4)11-18(15)25-20(2,3)13-22/h5-11H,12-13H2,1-4H3,(H,21,23). The molecule has 0 spiro atoms. The molecular formula is C20H24N2O3. The second-order valence-electron chi connectivity index (χ2n) is 6.99. The summed E-state index contributed by atoms with van der Waals surface area (Å²) in [6, 6.07) is 13.4. The summed E-state index contributed by atoms with van der Waals surface area (Å²) in [4.78, 5) is 14.6. The summed E-state index contributed by atoms with van der Waals surface area (Å²) >= 11 is 0. The molecule has 2 aromatic rings. The lowest BCUT2D eigenvalue weighted by Gasteiger charge is -2.29. The van der Waals surface area contributed by atoms with Crippen molar-refractivity contribution in [1.29, 1.82) is 0 Å². The molecule has 0 fully saturated rings. The Morgan fingerprint density at radius 2 is 2.04 bits per heavy atom. The smallest absolute Gasteiger partial charge is 0.322 e. The zero-order valence-corrected chi connectivity index (χ0v) is 15.1. The number of nitrogens with one attached hydrogen (secondary N) is 1. The highest BCUT2D eigenvalue weighted by atomic mass is 16.5. The van der Waals surface area contributed by atoms with Crippen molar-refractivity contribution in [3.63, 3.8) is 0 Å². The van der Waals surface area contributed by atoms with E-state index in [1.807, 2.05) is 63.2 Å². The third-order valence-corrected chi connectivity index (χ3v) is 4.15. The molecule has 2 aromatic carbocycles. The summed E-state index contributed by atoms with van der Waals surface area (Å²) in [7, 11) is 1.63. The molecule has 0 unspecified atom stereocenters. The van der Waals surface area contributed by atoms with Crippen molar-refractivity contribution >= 4 is 11.7 Å². The number of aryl methyl sites for hydroxylation is 1. The van der Waals surface area contributed by atoms with Gasteiger partial charge in [0.25, 0.3) is 0 Å². The Morgan fingerprint density at radius 3 is 2.76 bits per heavy atom. The maximum Gasteiger partial charge on any atom is 0.322 e. The molecule has 5 heteroatoms. The summed E-state index contributed by atoms with van der Waals surface area (Å²) in [6.07, 6.45) is 0. The average molecular weight is 340 g/mol. The Labute approximate surface area is 148 Å². The molecule has 25 heavy (non-hydrogen) atoms. The van der Waals surface area contributed by atoms with Crippen molar-refractivity contribution in [2.75, 3.05) is 19.0 Å². The lowest BCUT2D eigenvalue weighted by atomic mass is 10.1. The molecule has 1 aliphatic rings. The first-order chi connectivity index (χ1) is 11.9. The summed E-state index contributed by atoms with van der Waals surface area (Å²) in [5.74, 6) is 1.50. The lowest BCUT2D eigenvalue weighted by molar-refractivity contribution is 0.0833. The second-order valence-corrected chi connectivity index (χ2v) is 6.99. The van der Waals surface area contributed by atoms with Crippen LogP contribution in [0, 0.1) is 6.92 Å². The third-order valence-electron chi connectivity index (χ3n) is 4.15. The fourth-order valence-corrected chi connectivity index (χ4v) is 3.01. The van der Waals surface area contributed by atoms with Crippen molar-refractivity contribution < 1.29 is 14.3 Å². The molecule has 3 rings (SSSR count). The molecule has 0 bridgehead atoms. The molecule has 0 aromatic heterocycles. The monoisotopic (exact) mass is 340 g/mol. The SMILES string of the molecule is COc1ccc2c(c1)OC(C)(C)CN(C(=O)Nc1cccc(C)c1)C2. The van der Waals surface area contributed by atoms with Crippen molar-refractivity contribution in [2.45, 2.75) is 32.9 Å². The van der Waals surface area contributed by atoms with E-state index >= 15 is 0 Å². The molecule has 0 atom stereocenters. The molecule has 1 aliphatic heterocycles. The van der Waals surface area contributed by atoms with Crippen LogP contribution in [-0.2, 0) is 6.54 Å². The van der Waals surface area contributed by atoms with Crippen molar-refractivity contribution in [3.05, 3.63) is 53.6 Å². The second kappa shape index (κ2) is 6.67. The van der Waals surface area contributed by atoms with Gasteiger partial charge in [0, 0.05) is 17.3 Å². The van der Waals surface area contributed by atoms with E-state index in [9.17, 15) is 4.79 Å². The highest BCUT2D eigenvalue weighted by Gasteiger charge is 2.31. The first-order valence-electron chi connectivity index (χ1n) is 8.35. The van der Waals surface area contributed by atoms with Gasteiger partial charge in [0.15, 0.2) is 0 Å². The van der Waals surface area contributed by atoms with E-state index in [4.69, 9.17) is 9.47 Å². The Morgan fingerprint density at radius 1 is 1.24 bits per heavy atom. The van der Waals surface area contributed by atoms with Crippen LogP contribution in [-0.4, -0.2) is 30.2 Å². The number of hydrogen-bond acceptors (Lipinski definition) is 3. The molecule has 1 N–H and O–H groups in total. The van der Waals surface area contributed by atoms with Gasteiger partial charge >= 0.3 is 6.03 Å². The van der Waals surface area contributed by atoms with Gasteiger partial charge in [-0.05, 0) is 50.6 Å². The number of hydrogen-bond donors (Lipinski definition) is 1. The largest absolute Gasteiger partial charge is 0.497 e. The number of nitrogens with zero attached hydrogens (tertiary/aromatic N) is 1. The molecule has 0 aliphatic carbocycles. The summed E-state index contributed by atoms with van der Waals surface area (Å²) in [5.41, 5.74) is 2.37. The Kier molecular flexibility index (Phi) is 4.57. The predicted molar refractivity (Wildman–Crippen MR) is 98.3 cm³/mol. The Bertz CT molecular complexity index is 786. The van der Waals surface area contributed by atoms with Crippen LogP contribution < -0.4 is 14.8 Å². The maximum atomic E-state index is 12.8. The first kappa shape index (κ1) is 17.1. The van der Waals surface area contributed by atoms with E-state index < -0.39 is 5.60 Å². The van der Waals surface area contributed by atoms with Gasteiger partial charge in [0.1, 0.15) is 17.1 Å². The number of carbonyl (C=O) groups excluding carboxylic acids is 1. The van der Waals surface area contributed by atoms with Gasteiger partial charge in [0.2, 0.25) is 0 Å². The van der Waals surface area contributed by atoms with Gasteiger partial charge in [0.05, 0.1) is 20.2 Å². The number of amides is 2. The number of anilines is 1. The van der Waals surface area contributed by atoms with E-state index in [0.717, 1.165) is 28.3 Å². The molecule has 0 saturated carbocycles. The number of rotatable bonds is 2. The van der Waals surface area contributed by atoms with Crippen LogP contribution in [0.4, 0.5) is 10.5 Å². The van der Waals surface area contributed by atoms with Crippen LogP contribution in [0.2, 0.25) is 0 Å². The zero-order valence-electron chi connectivity index (χ0n) is 15.1. The van der Waals surface area contributed by atoms with Crippen LogP contribution in [0.15, 0.2) is 42.5 Å². The molecule has 1 heterocycles. The highest BCUT2D eigenvalue weighted by molar-refractivity contribution is 5.89. The maximum absolute atomic E-state index is 12.8. The van der Waals surface area contributed by atoms with Crippen molar-refractivity contribution in [3.8, 4) is 11.5 Å². The van der Waals surface area contributed by atoms with Crippen LogP contribution in [0.25, 0.3) is 0 Å². The van der Waals surface area contributed by atoms with Crippen LogP contribution in [0.5, 0.6) is 11.5 Å². The number of carbonyl (C=O) groups is 1. The molecule has 5 nitrogen and oxygen atoms in total. The van der Waals surface area contributed by atoms with Gasteiger partial charge in [-0.1, -0.05) is 12.1 Å². The molecule has 2 amide bonds. The fourth-order valence-electron chi connectivity index (χ4n) is 3.01. The normalized spacial score (nSPS) is 15.6. The number of benzene rings is 2. The summed E-state index contributed by atoms with van der Waals surface area (Å²) in [6.45, 7) is 6.94. The van der Waals surface area contributed by atoms with E-state index in [0.29, 0.717) is 13.1 Å². The van der Waals surface area contributed by atoms with E-state index in [-0.39, 0.29) is 6.03 Å². The van der Waals surface area contributed by atoms with Gasteiger partial charge in [-0.3, -0.25) is 0 Å². The first-order valence-corrected chi connectivity index (χ1v) is 8.35. The quantitative estimate of drug-likeness (QED) is 0.891. The minimum Gasteiger partial charge on any atom is -0.497 e. The molecular weight excluding hydrogens is 316 g/mol. The predicted octanol–water partition coefficient (Wildman–Crippen LogP) is 4.21. The lowest BCUT2D eigenvalue weighted by Crippen LogP contribution is -2.44. The van der Waals surface area contributed by atoms with Crippen molar-refractivity contribution in [1.82, 2.24) is 4.90 Å². The van der Waals surface area contributed by atoms with Crippen LogP contribution >= 0.6 is 0 Å². The molecule has 132 valence electrons. The topological polar surface area (TPSA) is 50.8 Å². The Hall–Kier alpha value is -2.69. The molecule has 0 radical (unpaired) electrons. The van der Waals surface area contributed by atoms with Gasteiger partial charge in [-0.2, -0.15) is 0 Å². The van der Waals surface area contributed by atoms with E-state index in [1.54, 1.807) is 12.0 Å². The fraction of sp³-hybridized carbons (Fsp3) is 0.350. The zero-order chi connectivity index (χ0) is 18.0. The number of ether oxygens (including phenoxy) is 2. The van der Waals surface area contributed by atoms with Gasteiger partial charge in [-0.15, -0.1) is 0 Å². The van der Waals surface area contributed by atoms with E-state index in [1.165, 1.54) is 0 Å². The minimum atomic E-state index is -0.498. The summed E-state index contributed by atoms with van der Waals surface area (Å²) in [5, 5.41) is 2.98. The Balaban J connectivity index is 1.84. The molecule has 0 saturated heterocycles. The van der Waals surface area contributed by atoms with Crippen LogP contribution in [0.1, 0.15) is 25.0 Å². The van der Waals surface area contributed by atoms with Gasteiger partial charge < -0.3 is 19.7 Å². The number of urea groups is 1. The number of methoxy groups -OCH3 is 1. The van der Waals surface area contributed by atoms with Crippen molar-refractivity contribution in [2.24, 2.45) is 0 Å². The number of fused-ring (bicyclic) bond motifs is 1.